The molecule has 0 fully saturated rings. The minimum Gasteiger partial charge on any atom is -0.465 e. The summed E-state index contributed by atoms with van der Waals surface area (Å²) in [7, 11) is 0. The number of furan rings is 1. The van der Waals surface area contributed by atoms with Crippen LogP contribution in [0.5, 0.6) is 11.5 Å². The van der Waals surface area contributed by atoms with Crippen LogP contribution >= 0.6 is 0 Å². The molecule has 3 aromatic rings. The Hall–Kier alpha value is -2.43. The molecule has 0 unspecified atom stereocenters. The predicted octanol–water partition coefficient (Wildman–Crippen LogP) is 2.84. The van der Waals surface area contributed by atoms with Gasteiger partial charge in [-0.1, -0.05) is 17.3 Å². The second-order valence-corrected chi connectivity index (χ2v) is 3.37. The fourth-order valence-corrected chi connectivity index (χ4v) is 1.45. The Bertz CT molecular complexity index is 565. The molecule has 0 N–H and O–H groups in total. The molecule has 0 saturated carbocycles. The predicted molar refractivity (Wildman–Crippen MR) is 58.8 cm³/mol. The van der Waals surface area contributed by atoms with Crippen molar-refractivity contribution in [3.8, 4) is 11.5 Å². The molecule has 0 bridgehead atoms. The molecular weight excluding hydrogens is 222 g/mol. The highest BCUT2D eigenvalue weighted by Gasteiger charge is 2.13. The summed E-state index contributed by atoms with van der Waals surface area (Å²) in [6, 6.07) is 7.74. The Morgan fingerprint density at radius 1 is 1.00 bits per heavy atom. The first-order chi connectivity index (χ1) is 8.43. The lowest BCUT2D eigenvalue weighted by atomic mass is 10.3. The van der Waals surface area contributed by atoms with Crippen LogP contribution in [-0.2, 0) is 0 Å². The van der Waals surface area contributed by atoms with E-state index < -0.39 is 0 Å². The van der Waals surface area contributed by atoms with Crippen LogP contribution < -0.4 is 9.47 Å². The highest BCUT2D eigenvalue weighted by atomic mass is 16.7. The maximum Gasteiger partial charge on any atom is 0.231 e. The maximum absolute atomic E-state index is 4.92. The molecule has 86 valence electrons. The largest absolute Gasteiger partial charge is 0.465 e. The van der Waals surface area contributed by atoms with E-state index in [0.29, 0.717) is 18.3 Å². The first kappa shape index (κ1) is 9.77. The van der Waals surface area contributed by atoms with Crippen molar-refractivity contribution >= 4 is 11.0 Å². The van der Waals surface area contributed by atoms with Crippen molar-refractivity contribution < 1.29 is 18.4 Å². The lowest BCUT2D eigenvalue weighted by molar-refractivity contribution is 0.167. The number of aromatic nitrogens is 1. The van der Waals surface area contributed by atoms with Crippen LogP contribution in [0.15, 0.2) is 51.9 Å². The second kappa shape index (κ2) is 4.21. The summed E-state index contributed by atoms with van der Waals surface area (Å²) in [5.74, 6) is 1.40. The topological polar surface area (TPSA) is 57.6 Å². The van der Waals surface area contributed by atoms with Crippen LogP contribution in [0.25, 0.3) is 11.0 Å². The molecule has 3 heterocycles. The van der Waals surface area contributed by atoms with Gasteiger partial charge in [-0.25, -0.2) is 0 Å². The van der Waals surface area contributed by atoms with E-state index in [-0.39, 0.29) is 0 Å². The summed E-state index contributed by atoms with van der Waals surface area (Å²) in [6.45, 7) is 0.320. The first-order valence-electron chi connectivity index (χ1n) is 5.05. The second-order valence-electron chi connectivity index (χ2n) is 3.37. The molecule has 5 heteroatoms. The third-order valence-electron chi connectivity index (χ3n) is 2.28. The summed E-state index contributed by atoms with van der Waals surface area (Å²) in [5.41, 5.74) is 0.845. The molecule has 0 atom stereocenters. The van der Waals surface area contributed by atoms with E-state index in [1.165, 1.54) is 12.5 Å². The Kier molecular flexibility index (Phi) is 2.42. The van der Waals surface area contributed by atoms with E-state index in [0.717, 1.165) is 11.0 Å². The van der Waals surface area contributed by atoms with Crippen molar-refractivity contribution in [2.24, 2.45) is 0 Å². The smallest absolute Gasteiger partial charge is 0.231 e. The SMILES string of the molecule is c1ccc2oncc2c1.c1occ2c1OCO2. The molecule has 4 rings (SSSR count). The van der Waals surface area contributed by atoms with E-state index in [1.807, 2.05) is 24.3 Å². The van der Waals surface area contributed by atoms with Gasteiger partial charge >= 0.3 is 0 Å². The van der Waals surface area contributed by atoms with Gasteiger partial charge in [-0.05, 0) is 12.1 Å². The molecular formula is C12H9NO4. The zero-order valence-corrected chi connectivity index (χ0v) is 8.83. The average molecular weight is 231 g/mol. The van der Waals surface area contributed by atoms with Gasteiger partial charge in [0, 0.05) is 5.39 Å². The van der Waals surface area contributed by atoms with Crippen LogP contribution in [0.3, 0.4) is 0 Å². The molecule has 1 aliphatic heterocycles. The minimum absolute atomic E-state index is 0.320. The fourth-order valence-electron chi connectivity index (χ4n) is 1.45. The van der Waals surface area contributed by atoms with Crippen LogP contribution in [0, 0.1) is 0 Å². The van der Waals surface area contributed by atoms with Gasteiger partial charge in [-0.2, -0.15) is 0 Å². The number of nitrogens with zero attached hydrogens (tertiary/aromatic N) is 1. The number of hydrogen-bond donors (Lipinski definition) is 0. The minimum atomic E-state index is 0.320. The van der Waals surface area contributed by atoms with Gasteiger partial charge in [-0.3, -0.25) is 0 Å². The molecule has 0 amide bonds. The summed E-state index contributed by atoms with van der Waals surface area (Å²) in [4.78, 5) is 0. The quantitative estimate of drug-likeness (QED) is 0.595. The molecule has 0 saturated heterocycles. The van der Waals surface area contributed by atoms with Gasteiger partial charge in [-0.15, -0.1) is 0 Å². The normalized spacial score (nSPS) is 12.2. The van der Waals surface area contributed by atoms with Gasteiger partial charge in [0.2, 0.25) is 18.3 Å². The van der Waals surface area contributed by atoms with Crippen molar-refractivity contribution in [1.82, 2.24) is 5.16 Å². The van der Waals surface area contributed by atoms with Gasteiger partial charge in [0.25, 0.3) is 0 Å². The van der Waals surface area contributed by atoms with E-state index in [9.17, 15) is 0 Å². The first-order valence-corrected chi connectivity index (χ1v) is 5.05. The average Bonchev–Trinajstić information content (AvgIpc) is 3.06. The Morgan fingerprint density at radius 3 is 2.53 bits per heavy atom. The number of benzene rings is 1. The van der Waals surface area contributed by atoms with Crippen LogP contribution in [0.1, 0.15) is 0 Å². The van der Waals surface area contributed by atoms with Gasteiger partial charge in [0.1, 0.15) is 12.5 Å². The standard InChI is InChI=1S/C7H5NO.C5H4O3/c1-2-4-7-6(3-1)5-8-9-7;1-4-5(2-6-1)8-3-7-4/h1-5H;1-2H,3H2. The molecule has 1 aromatic carbocycles. The molecule has 0 aliphatic carbocycles. The van der Waals surface area contributed by atoms with Gasteiger partial charge in [0.15, 0.2) is 5.58 Å². The highest BCUT2D eigenvalue weighted by molar-refractivity contribution is 5.75. The molecule has 2 aromatic heterocycles. The number of para-hydroxylation sites is 1. The van der Waals surface area contributed by atoms with Crippen molar-refractivity contribution in [3.05, 3.63) is 43.0 Å². The van der Waals surface area contributed by atoms with Crippen molar-refractivity contribution in [1.29, 1.82) is 0 Å². The highest BCUT2D eigenvalue weighted by Crippen LogP contribution is 2.32. The molecule has 0 spiro atoms. The zero-order valence-electron chi connectivity index (χ0n) is 8.83. The molecule has 1 aliphatic rings. The Balaban J connectivity index is 0.000000107. The van der Waals surface area contributed by atoms with Crippen molar-refractivity contribution in [3.63, 3.8) is 0 Å². The van der Waals surface area contributed by atoms with Crippen LogP contribution in [-0.4, -0.2) is 11.9 Å². The summed E-state index contributed by atoms with van der Waals surface area (Å²) >= 11 is 0. The van der Waals surface area contributed by atoms with E-state index in [4.69, 9.17) is 18.4 Å². The van der Waals surface area contributed by atoms with Gasteiger partial charge < -0.3 is 18.4 Å². The third kappa shape index (κ3) is 1.94. The lowest BCUT2D eigenvalue weighted by Crippen LogP contribution is -1.93. The Labute approximate surface area is 96.5 Å². The molecule has 0 radical (unpaired) electrons. The van der Waals surface area contributed by atoms with Crippen LogP contribution in [0.4, 0.5) is 0 Å². The number of rotatable bonds is 0. The lowest BCUT2D eigenvalue weighted by Gasteiger charge is -1.86. The van der Waals surface area contributed by atoms with E-state index in [1.54, 1.807) is 6.20 Å². The summed E-state index contributed by atoms with van der Waals surface area (Å²) in [6.07, 6.45) is 4.74. The van der Waals surface area contributed by atoms with Gasteiger partial charge in [0.05, 0.1) is 6.20 Å². The monoisotopic (exact) mass is 231 g/mol. The Morgan fingerprint density at radius 2 is 1.76 bits per heavy atom. The maximum atomic E-state index is 4.92. The molecule has 17 heavy (non-hydrogen) atoms. The number of fused-ring (bicyclic) bond motifs is 2. The van der Waals surface area contributed by atoms with Crippen molar-refractivity contribution in [2.45, 2.75) is 0 Å². The number of hydrogen-bond acceptors (Lipinski definition) is 5. The summed E-state index contributed by atoms with van der Waals surface area (Å²) < 4.78 is 19.5. The molecule has 5 nitrogen and oxygen atoms in total. The summed E-state index contributed by atoms with van der Waals surface area (Å²) in [5, 5.41) is 4.68. The van der Waals surface area contributed by atoms with Crippen molar-refractivity contribution in [2.75, 3.05) is 6.79 Å². The van der Waals surface area contributed by atoms with E-state index >= 15 is 0 Å². The fraction of sp³-hybridized carbons (Fsp3) is 0.0833. The number of ether oxygens (including phenoxy) is 2. The van der Waals surface area contributed by atoms with Crippen LogP contribution in [0.2, 0.25) is 0 Å². The zero-order chi connectivity index (χ0) is 11.5. The third-order valence-corrected chi connectivity index (χ3v) is 2.28. The van der Waals surface area contributed by atoms with E-state index in [2.05, 4.69) is 5.16 Å².